The smallest absolute Gasteiger partial charge is 0.257 e. The lowest BCUT2D eigenvalue weighted by molar-refractivity contribution is -0.117. The third-order valence-corrected chi connectivity index (χ3v) is 4.21. The maximum absolute atomic E-state index is 12.2. The molecule has 1 heterocycles. The first kappa shape index (κ1) is 17.8. The zero-order chi connectivity index (χ0) is 18.4. The number of Topliss-reactive ketones (excluding diaryl/α,β-unsaturated/α-hetero) is 1. The number of anilines is 1. The Hall–Kier alpha value is -2.98. The van der Waals surface area contributed by atoms with Crippen LogP contribution in [0.1, 0.15) is 21.5 Å². The highest BCUT2D eigenvalue weighted by atomic mass is 35.5. The standard InChI is InChI=1S/C21H17ClN2O2/c22-20-4-2-1-3-19(20)21(26)24-17-7-5-15(6-8-17)13-18(25)14-16-9-11-23-12-10-16/h1-12H,13-14H2,(H,24,26). The second-order valence-electron chi connectivity index (χ2n) is 5.88. The number of hydrogen-bond acceptors (Lipinski definition) is 3. The van der Waals surface area contributed by atoms with E-state index in [0.29, 0.717) is 29.1 Å². The molecule has 0 aliphatic carbocycles. The zero-order valence-electron chi connectivity index (χ0n) is 14.0. The third kappa shape index (κ3) is 4.77. The highest BCUT2D eigenvalue weighted by molar-refractivity contribution is 6.34. The molecule has 26 heavy (non-hydrogen) atoms. The van der Waals surface area contributed by atoms with Gasteiger partial charge in [0.15, 0.2) is 0 Å². The van der Waals surface area contributed by atoms with Crippen molar-refractivity contribution in [3.63, 3.8) is 0 Å². The van der Waals surface area contributed by atoms with Crippen LogP contribution in [-0.4, -0.2) is 16.7 Å². The van der Waals surface area contributed by atoms with Gasteiger partial charge in [-0.3, -0.25) is 14.6 Å². The van der Waals surface area contributed by atoms with Gasteiger partial charge in [0.2, 0.25) is 0 Å². The molecular formula is C21H17ClN2O2. The van der Waals surface area contributed by atoms with Crippen LogP contribution in [0.4, 0.5) is 5.69 Å². The lowest BCUT2D eigenvalue weighted by Crippen LogP contribution is -2.12. The summed E-state index contributed by atoms with van der Waals surface area (Å²) in [4.78, 5) is 28.4. The first-order chi connectivity index (χ1) is 12.6. The summed E-state index contributed by atoms with van der Waals surface area (Å²) >= 11 is 6.03. The summed E-state index contributed by atoms with van der Waals surface area (Å²) in [6.07, 6.45) is 4.09. The molecule has 5 heteroatoms. The molecule has 2 aromatic carbocycles. The van der Waals surface area contributed by atoms with Crippen molar-refractivity contribution in [3.8, 4) is 0 Å². The van der Waals surface area contributed by atoms with E-state index in [9.17, 15) is 9.59 Å². The van der Waals surface area contributed by atoms with Crippen LogP contribution in [0.2, 0.25) is 5.02 Å². The summed E-state index contributed by atoms with van der Waals surface area (Å²) in [6.45, 7) is 0. The van der Waals surface area contributed by atoms with Crippen LogP contribution >= 0.6 is 11.6 Å². The number of halogens is 1. The van der Waals surface area contributed by atoms with Crippen molar-refractivity contribution >= 4 is 29.0 Å². The van der Waals surface area contributed by atoms with Crippen LogP contribution in [0.3, 0.4) is 0 Å². The van der Waals surface area contributed by atoms with E-state index in [-0.39, 0.29) is 11.7 Å². The van der Waals surface area contributed by atoms with Crippen LogP contribution in [0.15, 0.2) is 73.1 Å². The maximum atomic E-state index is 12.2. The number of benzene rings is 2. The molecule has 0 saturated carbocycles. The number of amides is 1. The van der Waals surface area contributed by atoms with Crippen molar-refractivity contribution in [1.29, 1.82) is 0 Å². The number of aromatic nitrogens is 1. The summed E-state index contributed by atoms with van der Waals surface area (Å²) in [7, 11) is 0. The average Bonchev–Trinajstić information content (AvgIpc) is 2.64. The van der Waals surface area contributed by atoms with E-state index in [2.05, 4.69) is 10.3 Å². The average molecular weight is 365 g/mol. The predicted octanol–water partition coefficient (Wildman–Crippen LogP) is 4.34. The van der Waals surface area contributed by atoms with Gasteiger partial charge in [-0.15, -0.1) is 0 Å². The molecular weight excluding hydrogens is 348 g/mol. The van der Waals surface area contributed by atoms with E-state index >= 15 is 0 Å². The normalized spacial score (nSPS) is 10.3. The summed E-state index contributed by atoms with van der Waals surface area (Å²) in [5, 5.41) is 3.21. The van der Waals surface area contributed by atoms with Crippen molar-refractivity contribution < 1.29 is 9.59 Å². The molecule has 0 aliphatic rings. The summed E-state index contributed by atoms with van der Waals surface area (Å²) in [5.74, 6) is -0.138. The summed E-state index contributed by atoms with van der Waals surface area (Å²) < 4.78 is 0. The number of carbonyl (C=O) groups excluding carboxylic acids is 2. The maximum Gasteiger partial charge on any atom is 0.257 e. The molecule has 1 amide bonds. The second-order valence-corrected chi connectivity index (χ2v) is 6.29. The highest BCUT2D eigenvalue weighted by Crippen LogP contribution is 2.18. The van der Waals surface area contributed by atoms with Gasteiger partial charge in [0.25, 0.3) is 5.91 Å². The number of hydrogen-bond donors (Lipinski definition) is 1. The fourth-order valence-electron chi connectivity index (χ4n) is 2.57. The minimum atomic E-state index is -0.267. The Morgan fingerprint density at radius 3 is 2.12 bits per heavy atom. The van der Waals surface area contributed by atoms with Gasteiger partial charge in [-0.25, -0.2) is 0 Å². The van der Waals surface area contributed by atoms with Crippen LogP contribution in [0.25, 0.3) is 0 Å². The molecule has 0 saturated heterocycles. The Morgan fingerprint density at radius 1 is 0.846 bits per heavy atom. The Labute approximate surface area is 156 Å². The van der Waals surface area contributed by atoms with Crippen molar-refractivity contribution in [1.82, 2.24) is 4.98 Å². The molecule has 1 N–H and O–H groups in total. The van der Waals surface area contributed by atoms with Crippen molar-refractivity contribution in [2.45, 2.75) is 12.8 Å². The molecule has 1 aromatic heterocycles. The molecule has 0 unspecified atom stereocenters. The molecule has 0 atom stereocenters. The molecule has 0 bridgehead atoms. The minimum absolute atomic E-state index is 0.129. The molecule has 4 nitrogen and oxygen atoms in total. The molecule has 0 aliphatic heterocycles. The highest BCUT2D eigenvalue weighted by Gasteiger charge is 2.10. The van der Waals surface area contributed by atoms with Gasteiger partial charge < -0.3 is 5.32 Å². The number of ketones is 1. The van der Waals surface area contributed by atoms with Crippen LogP contribution < -0.4 is 5.32 Å². The van der Waals surface area contributed by atoms with Crippen LogP contribution in [-0.2, 0) is 17.6 Å². The summed E-state index contributed by atoms with van der Waals surface area (Å²) in [5.41, 5.74) is 2.93. The van der Waals surface area contributed by atoms with E-state index in [1.807, 2.05) is 24.3 Å². The van der Waals surface area contributed by atoms with E-state index in [4.69, 9.17) is 11.6 Å². The van der Waals surface area contributed by atoms with Gasteiger partial charge >= 0.3 is 0 Å². The van der Waals surface area contributed by atoms with Gasteiger partial charge in [0.1, 0.15) is 5.78 Å². The lowest BCUT2D eigenvalue weighted by Gasteiger charge is -2.08. The Balaban J connectivity index is 1.59. The first-order valence-electron chi connectivity index (χ1n) is 8.17. The summed E-state index contributed by atoms with van der Waals surface area (Å²) in [6, 6.07) is 17.8. The molecule has 130 valence electrons. The second kappa shape index (κ2) is 8.41. The lowest BCUT2D eigenvalue weighted by atomic mass is 10.0. The Kier molecular flexibility index (Phi) is 5.77. The molecule has 0 radical (unpaired) electrons. The first-order valence-corrected chi connectivity index (χ1v) is 8.55. The minimum Gasteiger partial charge on any atom is -0.322 e. The third-order valence-electron chi connectivity index (χ3n) is 3.88. The molecule has 3 rings (SSSR count). The number of carbonyl (C=O) groups is 2. The largest absolute Gasteiger partial charge is 0.322 e. The number of rotatable bonds is 6. The number of nitrogens with zero attached hydrogens (tertiary/aromatic N) is 1. The van der Waals surface area contributed by atoms with Gasteiger partial charge in [-0.05, 0) is 47.5 Å². The number of nitrogens with one attached hydrogen (secondary N) is 1. The van der Waals surface area contributed by atoms with Crippen molar-refractivity contribution in [2.24, 2.45) is 0 Å². The fraction of sp³-hybridized carbons (Fsp3) is 0.0952. The zero-order valence-corrected chi connectivity index (χ0v) is 14.7. The van der Waals surface area contributed by atoms with E-state index in [1.165, 1.54) is 0 Å². The van der Waals surface area contributed by atoms with Gasteiger partial charge in [-0.1, -0.05) is 35.9 Å². The topological polar surface area (TPSA) is 59.1 Å². The van der Waals surface area contributed by atoms with Gasteiger partial charge in [-0.2, -0.15) is 0 Å². The van der Waals surface area contributed by atoms with Gasteiger partial charge in [0.05, 0.1) is 10.6 Å². The Morgan fingerprint density at radius 2 is 1.46 bits per heavy atom. The molecule has 3 aromatic rings. The van der Waals surface area contributed by atoms with E-state index in [0.717, 1.165) is 11.1 Å². The van der Waals surface area contributed by atoms with Crippen molar-refractivity contribution in [2.75, 3.05) is 5.32 Å². The number of pyridine rings is 1. The Bertz CT molecular complexity index is 909. The molecule has 0 spiro atoms. The van der Waals surface area contributed by atoms with Crippen LogP contribution in [0.5, 0.6) is 0 Å². The quantitative estimate of drug-likeness (QED) is 0.707. The van der Waals surface area contributed by atoms with Crippen LogP contribution in [0, 0.1) is 0 Å². The fourth-order valence-corrected chi connectivity index (χ4v) is 2.79. The molecule has 0 fully saturated rings. The SMILES string of the molecule is O=C(Cc1ccncc1)Cc1ccc(NC(=O)c2ccccc2Cl)cc1. The van der Waals surface area contributed by atoms with E-state index in [1.54, 1.807) is 48.8 Å². The van der Waals surface area contributed by atoms with E-state index < -0.39 is 0 Å². The van der Waals surface area contributed by atoms with Gasteiger partial charge in [0, 0.05) is 30.9 Å². The van der Waals surface area contributed by atoms with Crippen molar-refractivity contribution in [3.05, 3.63) is 94.8 Å². The predicted molar refractivity (Wildman–Crippen MR) is 102 cm³/mol. The monoisotopic (exact) mass is 364 g/mol.